The van der Waals surface area contributed by atoms with Crippen LogP contribution in [0, 0.1) is 0 Å². The number of esters is 1. The largest absolute Gasteiger partial charge is 0.462 e. The number of rotatable bonds is 5. The fourth-order valence-corrected chi connectivity index (χ4v) is 2.12. The van der Waals surface area contributed by atoms with Crippen LogP contribution in [0.4, 0.5) is 8.78 Å². The number of ether oxygens (including phenoxy) is 1. The number of halogens is 2. The Morgan fingerprint density at radius 2 is 2.05 bits per heavy atom. The number of aromatic nitrogens is 2. The highest BCUT2D eigenvalue weighted by molar-refractivity contribution is 5.79. The van der Waals surface area contributed by atoms with Gasteiger partial charge in [-0.25, -0.2) is 9.78 Å². The van der Waals surface area contributed by atoms with E-state index in [0.29, 0.717) is 12.1 Å². The highest BCUT2D eigenvalue weighted by Gasteiger charge is 2.42. The summed E-state index contributed by atoms with van der Waals surface area (Å²) in [4.78, 5) is 15.5. The van der Waals surface area contributed by atoms with E-state index < -0.39 is 18.3 Å². The zero-order chi connectivity index (χ0) is 14.8. The highest BCUT2D eigenvalue weighted by Crippen LogP contribution is 2.24. The van der Waals surface area contributed by atoms with Gasteiger partial charge in [-0.15, -0.1) is 0 Å². The van der Waals surface area contributed by atoms with Crippen LogP contribution in [0.5, 0.6) is 0 Å². The Morgan fingerprint density at radius 1 is 1.35 bits per heavy atom. The van der Waals surface area contributed by atoms with Gasteiger partial charge in [-0.1, -0.05) is 12.1 Å². The summed E-state index contributed by atoms with van der Waals surface area (Å²) in [6.45, 7) is 3.78. The number of aryl methyl sites for hydroxylation is 1. The van der Waals surface area contributed by atoms with E-state index in [9.17, 15) is 13.6 Å². The molecule has 0 radical (unpaired) electrons. The fourth-order valence-electron chi connectivity index (χ4n) is 2.12. The number of nitrogens with zero attached hydrogens (tertiary/aromatic N) is 2. The van der Waals surface area contributed by atoms with Crippen molar-refractivity contribution >= 4 is 17.0 Å². The van der Waals surface area contributed by atoms with E-state index in [2.05, 4.69) is 9.72 Å². The van der Waals surface area contributed by atoms with Crippen LogP contribution in [0.25, 0.3) is 11.0 Å². The standard InChI is InChI=1S/C14H16F2N2O2/c1-3-18-11-8-6-5-7-10(11)17-12(18)9-14(15,16)13(19)20-4-2/h5-8H,3-4,9H2,1-2H3. The van der Waals surface area contributed by atoms with Crippen molar-refractivity contribution in [3.8, 4) is 0 Å². The smallest absolute Gasteiger partial charge is 0.377 e. The van der Waals surface area contributed by atoms with Gasteiger partial charge in [-0.05, 0) is 26.0 Å². The van der Waals surface area contributed by atoms with Crippen molar-refractivity contribution < 1.29 is 18.3 Å². The van der Waals surface area contributed by atoms with Crippen LogP contribution < -0.4 is 0 Å². The van der Waals surface area contributed by atoms with E-state index in [1.165, 1.54) is 6.92 Å². The molecule has 0 N–H and O–H groups in total. The number of carbonyl (C=O) groups excluding carboxylic acids is 1. The van der Waals surface area contributed by atoms with Gasteiger partial charge in [0.2, 0.25) is 0 Å². The first kappa shape index (κ1) is 14.4. The number of benzene rings is 1. The lowest BCUT2D eigenvalue weighted by Gasteiger charge is -2.15. The second-order valence-corrected chi connectivity index (χ2v) is 4.36. The maximum atomic E-state index is 13.8. The third-order valence-corrected chi connectivity index (χ3v) is 3.00. The van der Waals surface area contributed by atoms with Crippen LogP contribution in [0.2, 0.25) is 0 Å². The van der Waals surface area contributed by atoms with E-state index in [0.717, 1.165) is 5.52 Å². The molecule has 0 atom stereocenters. The van der Waals surface area contributed by atoms with Crippen LogP contribution in [0.15, 0.2) is 24.3 Å². The van der Waals surface area contributed by atoms with Crippen molar-refractivity contribution in [2.75, 3.05) is 6.61 Å². The molecule has 1 heterocycles. The second-order valence-electron chi connectivity index (χ2n) is 4.36. The summed E-state index contributed by atoms with van der Waals surface area (Å²) < 4.78 is 33.7. The Hall–Kier alpha value is -1.98. The molecule has 0 spiro atoms. The van der Waals surface area contributed by atoms with Gasteiger partial charge in [-0.2, -0.15) is 8.78 Å². The predicted octanol–water partition coefficient (Wildman–Crippen LogP) is 2.80. The lowest BCUT2D eigenvalue weighted by Crippen LogP contribution is -2.34. The van der Waals surface area contributed by atoms with E-state index in [1.807, 2.05) is 19.1 Å². The minimum atomic E-state index is -3.57. The molecule has 20 heavy (non-hydrogen) atoms. The molecule has 0 amide bonds. The molecule has 0 aliphatic heterocycles. The van der Waals surface area contributed by atoms with Crippen LogP contribution in [-0.2, 0) is 22.5 Å². The number of hydrogen-bond acceptors (Lipinski definition) is 3. The third-order valence-electron chi connectivity index (χ3n) is 3.00. The molecule has 2 rings (SSSR count). The molecule has 108 valence electrons. The van der Waals surface area contributed by atoms with Crippen molar-refractivity contribution in [2.24, 2.45) is 0 Å². The van der Waals surface area contributed by atoms with E-state index in [-0.39, 0.29) is 12.4 Å². The highest BCUT2D eigenvalue weighted by atomic mass is 19.3. The van der Waals surface area contributed by atoms with Gasteiger partial charge in [0, 0.05) is 6.54 Å². The first-order valence-electron chi connectivity index (χ1n) is 6.48. The summed E-state index contributed by atoms with van der Waals surface area (Å²) in [5.74, 6) is -4.88. The molecule has 1 aromatic carbocycles. The summed E-state index contributed by atoms with van der Waals surface area (Å²) in [6, 6.07) is 7.19. The van der Waals surface area contributed by atoms with E-state index in [4.69, 9.17) is 0 Å². The normalized spacial score (nSPS) is 11.8. The summed E-state index contributed by atoms with van der Waals surface area (Å²) in [5, 5.41) is 0. The molecular weight excluding hydrogens is 266 g/mol. The Kier molecular flexibility index (Phi) is 4.01. The van der Waals surface area contributed by atoms with Crippen molar-refractivity contribution in [1.82, 2.24) is 9.55 Å². The minimum Gasteiger partial charge on any atom is -0.462 e. The van der Waals surface area contributed by atoms with Gasteiger partial charge in [0.15, 0.2) is 0 Å². The zero-order valence-electron chi connectivity index (χ0n) is 11.4. The Balaban J connectivity index is 2.36. The molecule has 2 aromatic rings. The monoisotopic (exact) mass is 282 g/mol. The van der Waals surface area contributed by atoms with Crippen LogP contribution >= 0.6 is 0 Å². The average Bonchev–Trinajstić information content (AvgIpc) is 2.75. The Bertz CT molecular complexity index is 623. The molecule has 0 saturated carbocycles. The lowest BCUT2D eigenvalue weighted by molar-refractivity contribution is -0.171. The van der Waals surface area contributed by atoms with Crippen molar-refractivity contribution in [2.45, 2.75) is 32.7 Å². The molecule has 0 unspecified atom stereocenters. The average molecular weight is 282 g/mol. The number of alkyl halides is 2. The van der Waals surface area contributed by atoms with Gasteiger partial charge >= 0.3 is 11.9 Å². The van der Waals surface area contributed by atoms with Crippen molar-refractivity contribution in [3.05, 3.63) is 30.1 Å². The summed E-state index contributed by atoms with van der Waals surface area (Å²) >= 11 is 0. The fraction of sp³-hybridized carbons (Fsp3) is 0.429. The van der Waals surface area contributed by atoms with Crippen LogP contribution in [0.3, 0.4) is 0 Å². The van der Waals surface area contributed by atoms with Crippen LogP contribution in [0.1, 0.15) is 19.7 Å². The molecule has 0 aliphatic rings. The zero-order valence-corrected chi connectivity index (χ0v) is 11.4. The topological polar surface area (TPSA) is 44.1 Å². The molecule has 4 nitrogen and oxygen atoms in total. The van der Waals surface area contributed by atoms with Gasteiger partial charge in [-0.3, -0.25) is 0 Å². The predicted molar refractivity (Wildman–Crippen MR) is 70.7 cm³/mol. The second kappa shape index (κ2) is 5.56. The third kappa shape index (κ3) is 2.64. The molecule has 0 bridgehead atoms. The Morgan fingerprint density at radius 3 is 2.70 bits per heavy atom. The van der Waals surface area contributed by atoms with Crippen molar-refractivity contribution in [1.29, 1.82) is 0 Å². The molecule has 6 heteroatoms. The quantitative estimate of drug-likeness (QED) is 0.792. The SMILES string of the molecule is CCOC(=O)C(F)(F)Cc1nc2ccccc2n1CC. The van der Waals surface area contributed by atoms with Crippen molar-refractivity contribution in [3.63, 3.8) is 0 Å². The number of carbonyl (C=O) groups is 1. The molecule has 0 fully saturated rings. The summed E-state index contributed by atoms with van der Waals surface area (Å²) in [7, 11) is 0. The first-order chi connectivity index (χ1) is 9.49. The van der Waals surface area contributed by atoms with E-state index >= 15 is 0 Å². The number of para-hydroxylation sites is 2. The summed E-state index contributed by atoms with van der Waals surface area (Å²) in [5.41, 5.74) is 1.42. The summed E-state index contributed by atoms with van der Waals surface area (Å²) in [6.07, 6.45) is -0.756. The molecule has 1 aromatic heterocycles. The van der Waals surface area contributed by atoms with Gasteiger partial charge < -0.3 is 9.30 Å². The van der Waals surface area contributed by atoms with Gasteiger partial charge in [0.25, 0.3) is 0 Å². The maximum absolute atomic E-state index is 13.8. The molecule has 0 aliphatic carbocycles. The number of hydrogen-bond donors (Lipinski definition) is 0. The Labute approximate surface area is 115 Å². The number of imidazole rings is 1. The first-order valence-corrected chi connectivity index (χ1v) is 6.48. The molecule has 0 saturated heterocycles. The lowest BCUT2D eigenvalue weighted by atomic mass is 10.2. The van der Waals surface area contributed by atoms with E-state index in [1.54, 1.807) is 16.7 Å². The van der Waals surface area contributed by atoms with Crippen LogP contribution in [-0.4, -0.2) is 28.0 Å². The maximum Gasteiger partial charge on any atom is 0.377 e. The number of fused-ring (bicyclic) bond motifs is 1. The molecular formula is C14H16F2N2O2. The minimum absolute atomic E-state index is 0.0708. The van der Waals surface area contributed by atoms with Gasteiger partial charge in [0.05, 0.1) is 24.1 Å². The van der Waals surface area contributed by atoms with Gasteiger partial charge in [0.1, 0.15) is 5.82 Å².